The van der Waals surface area contributed by atoms with Gasteiger partial charge in [-0.3, -0.25) is 0 Å². The second-order valence-electron chi connectivity index (χ2n) is 7.08. The topological polar surface area (TPSA) is 183 Å². The lowest BCUT2D eigenvalue weighted by Gasteiger charge is -2.09. The van der Waals surface area contributed by atoms with Crippen LogP contribution in [0.1, 0.15) is 0 Å². The average molecular weight is 513 g/mol. The number of benzene rings is 3. The second kappa shape index (κ2) is 6.03. The molecule has 14 heteroatoms. The molecule has 0 spiro atoms. The highest BCUT2D eigenvalue weighted by Crippen LogP contribution is 2.51. The summed E-state index contributed by atoms with van der Waals surface area (Å²) in [6.45, 7) is 0. The summed E-state index contributed by atoms with van der Waals surface area (Å²) < 4.78 is 120. The number of sulfone groups is 2. The Morgan fingerprint density at radius 2 is 0.844 bits per heavy atom. The molecule has 0 unspecified atom stereocenters. The first-order valence-electron chi connectivity index (χ1n) is 8.52. The smallest absolute Gasteiger partial charge is 0.207 e. The maximum atomic E-state index is 13.0. The van der Waals surface area contributed by atoms with Crippen molar-refractivity contribution in [2.24, 2.45) is 0 Å². The second-order valence-corrected chi connectivity index (χ2v) is 13.6. The predicted molar refractivity (Wildman–Crippen MR) is 104 cm³/mol. The van der Waals surface area contributed by atoms with Crippen LogP contribution in [0.15, 0.2) is 77.9 Å². The van der Waals surface area contributed by atoms with Gasteiger partial charge in [-0.05, 0) is 36.4 Å². The molecule has 0 saturated heterocycles. The zero-order valence-electron chi connectivity index (χ0n) is 15.3. The molecule has 0 N–H and O–H groups in total. The first-order valence-corrected chi connectivity index (χ1v) is 14.3. The SMILES string of the molecule is O=S(=O)([O-])c1ccc2c(c1)S(=O)(=O)c1cc3c(cc1-2)-c1ccc(S(=O)(=O)[O-])cc1S3(=O)=O. The fourth-order valence-electron chi connectivity index (χ4n) is 3.87. The van der Waals surface area contributed by atoms with E-state index < -0.39 is 69.3 Å². The molecule has 166 valence electrons. The first-order chi connectivity index (χ1) is 14.6. The normalized spacial score (nSPS) is 17.3. The maximum absolute atomic E-state index is 13.0. The molecular formula is C18H8O10S4-2. The molecule has 2 aliphatic heterocycles. The van der Waals surface area contributed by atoms with Gasteiger partial charge in [0, 0.05) is 22.3 Å². The molecule has 0 fully saturated rings. The molecule has 3 aromatic carbocycles. The summed E-state index contributed by atoms with van der Waals surface area (Å²) in [5.41, 5.74) is 0.356. The zero-order valence-corrected chi connectivity index (χ0v) is 18.6. The Morgan fingerprint density at radius 1 is 0.500 bits per heavy atom. The van der Waals surface area contributed by atoms with Gasteiger partial charge in [0.05, 0.1) is 29.4 Å². The van der Waals surface area contributed by atoms with Crippen LogP contribution in [-0.4, -0.2) is 42.8 Å². The molecule has 5 rings (SSSR count). The van der Waals surface area contributed by atoms with E-state index in [0.29, 0.717) is 0 Å². The summed E-state index contributed by atoms with van der Waals surface area (Å²) >= 11 is 0. The third-order valence-corrected chi connectivity index (χ3v) is 10.6. The van der Waals surface area contributed by atoms with Crippen molar-refractivity contribution < 1.29 is 42.8 Å². The van der Waals surface area contributed by atoms with Crippen LogP contribution in [0, 0.1) is 0 Å². The zero-order chi connectivity index (χ0) is 23.4. The summed E-state index contributed by atoms with van der Waals surface area (Å²) in [7, 11) is -18.6. The van der Waals surface area contributed by atoms with Gasteiger partial charge in [-0.2, -0.15) is 0 Å². The van der Waals surface area contributed by atoms with Gasteiger partial charge in [-0.15, -0.1) is 0 Å². The average Bonchev–Trinajstić information content (AvgIpc) is 3.05. The Balaban J connectivity index is 1.82. The first kappa shape index (κ1) is 21.2. The van der Waals surface area contributed by atoms with Crippen molar-refractivity contribution in [1.29, 1.82) is 0 Å². The van der Waals surface area contributed by atoms with Crippen molar-refractivity contribution in [1.82, 2.24) is 0 Å². The number of fused-ring (bicyclic) bond motifs is 6. The number of hydrogen-bond donors (Lipinski definition) is 0. The van der Waals surface area contributed by atoms with E-state index in [1.54, 1.807) is 0 Å². The van der Waals surface area contributed by atoms with Crippen LogP contribution in [0.5, 0.6) is 0 Å². The van der Waals surface area contributed by atoms with Crippen molar-refractivity contribution >= 4 is 39.9 Å². The lowest BCUT2D eigenvalue weighted by atomic mass is 9.99. The van der Waals surface area contributed by atoms with E-state index in [4.69, 9.17) is 0 Å². The van der Waals surface area contributed by atoms with Gasteiger partial charge in [0.2, 0.25) is 19.7 Å². The van der Waals surface area contributed by atoms with Gasteiger partial charge in [-0.1, -0.05) is 12.1 Å². The van der Waals surface area contributed by atoms with E-state index in [2.05, 4.69) is 0 Å². The van der Waals surface area contributed by atoms with Crippen molar-refractivity contribution in [2.75, 3.05) is 0 Å². The highest BCUT2D eigenvalue weighted by atomic mass is 32.2. The fraction of sp³-hybridized carbons (Fsp3) is 0. The third-order valence-electron chi connectivity index (χ3n) is 5.30. The van der Waals surface area contributed by atoms with Crippen molar-refractivity contribution in [3.05, 3.63) is 48.5 Å². The third kappa shape index (κ3) is 2.74. The Labute approximate surface area is 182 Å². The van der Waals surface area contributed by atoms with Crippen LogP contribution in [0.3, 0.4) is 0 Å². The summed E-state index contributed by atoms with van der Waals surface area (Å²) in [4.78, 5) is -3.19. The van der Waals surface area contributed by atoms with Gasteiger partial charge in [0.15, 0.2) is 0 Å². The van der Waals surface area contributed by atoms with Gasteiger partial charge in [0.25, 0.3) is 0 Å². The molecule has 0 saturated carbocycles. The van der Waals surface area contributed by atoms with Crippen LogP contribution in [0.4, 0.5) is 0 Å². The fourth-order valence-corrected chi connectivity index (χ4v) is 8.52. The van der Waals surface area contributed by atoms with Gasteiger partial charge >= 0.3 is 0 Å². The van der Waals surface area contributed by atoms with E-state index in [0.717, 1.165) is 42.5 Å². The molecular weight excluding hydrogens is 504 g/mol. The van der Waals surface area contributed by atoms with Crippen molar-refractivity contribution in [3.8, 4) is 22.3 Å². The molecule has 2 heterocycles. The van der Waals surface area contributed by atoms with E-state index >= 15 is 0 Å². The minimum absolute atomic E-state index is 0.0832. The molecule has 0 atom stereocenters. The van der Waals surface area contributed by atoms with Crippen molar-refractivity contribution in [3.63, 3.8) is 0 Å². The molecule has 0 amide bonds. The maximum Gasteiger partial charge on any atom is 0.207 e. The minimum atomic E-state index is -4.93. The number of rotatable bonds is 2. The van der Waals surface area contributed by atoms with Crippen molar-refractivity contribution in [2.45, 2.75) is 29.4 Å². The monoisotopic (exact) mass is 512 g/mol. The number of hydrogen-bond acceptors (Lipinski definition) is 10. The lowest BCUT2D eigenvalue weighted by Crippen LogP contribution is -2.03. The molecule has 0 aliphatic carbocycles. The van der Waals surface area contributed by atoms with Gasteiger partial charge < -0.3 is 9.11 Å². The molecule has 10 nitrogen and oxygen atoms in total. The Hall–Kier alpha value is -2.62. The molecule has 2 aliphatic rings. The van der Waals surface area contributed by atoms with Crippen LogP contribution >= 0.6 is 0 Å². The molecule has 32 heavy (non-hydrogen) atoms. The standard InChI is InChI=1S/C18H10O10S4/c19-29(20)15-5-9(31(23,24)25)1-3-11(15)13-7-14-12-4-2-10(32(26,27)28)6-16(12)30(21,22)18(14)8-17(13)29/h1-8H,(H,23,24,25)(H,26,27,28)/p-2. The highest BCUT2D eigenvalue weighted by molar-refractivity contribution is 7.93. The van der Waals surface area contributed by atoms with Crippen LogP contribution in [-0.2, 0) is 39.9 Å². The van der Waals surface area contributed by atoms with E-state index in [1.165, 1.54) is 6.07 Å². The van der Waals surface area contributed by atoms with Crippen LogP contribution < -0.4 is 0 Å². The van der Waals surface area contributed by atoms with E-state index in [1.807, 2.05) is 0 Å². The molecule has 0 aromatic heterocycles. The minimum Gasteiger partial charge on any atom is -0.744 e. The summed E-state index contributed by atoms with van der Waals surface area (Å²) in [6.07, 6.45) is 0. The lowest BCUT2D eigenvalue weighted by molar-refractivity contribution is 0.460. The van der Waals surface area contributed by atoms with Gasteiger partial charge in [0.1, 0.15) is 20.2 Å². The van der Waals surface area contributed by atoms with E-state index in [9.17, 15) is 42.8 Å². The Morgan fingerprint density at radius 3 is 1.19 bits per heavy atom. The largest absolute Gasteiger partial charge is 0.744 e. The summed E-state index contributed by atoms with van der Waals surface area (Å²) in [6, 6.07) is 7.85. The van der Waals surface area contributed by atoms with Gasteiger partial charge in [-0.25, -0.2) is 33.7 Å². The molecule has 0 bridgehead atoms. The molecule has 3 aromatic rings. The Bertz CT molecular complexity index is 1700. The van der Waals surface area contributed by atoms with Crippen LogP contribution in [0.25, 0.3) is 22.3 Å². The summed E-state index contributed by atoms with van der Waals surface area (Å²) in [5.74, 6) is 0. The molecule has 0 radical (unpaired) electrons. The predicted octanol–water partition coefficient (Wildman–Crippen LogP) is 1.12. The quantitative estimate of drug-likeness (QED) is 0.311. The summed E-state index contributed by atoms with van der Waals surface area (Å²) in [5, 5.41) is 0. The highest BCUT2D eigenvalue weighted by Gasteiger charge is 2.40. The Kier molecular flexibility index (Phi) is 4.00. The van der Waals surface area contributed by atoms with Crippen LogP contribution in [0.2, 0.25) is 0 Å². The van der Waals surface area contributed by atoms with E-state index in [-0.39, 0.29) is 22.3 Å².